The number of halogens is 1. The van der Waals surface area contributed by atoms with Gasteiger partial charge in [-0.2, -0.15) is 0 Å². The summed E-state index contributed by atoms with van der Waals surface area (Å²) < 4.78 is 13.8. The Balaban J connectivity index is 1.80. The smallest absolute Gasteiger partial charge is 0.260 e. The predicted octanol–water partition coefficient (Wildman–Crippen LogP) is 2.93. The molecule has 0 radical (unpaired) electrons. The van der Waals surface area contributed by atoms with E-state index in [0.717, 1.165) is 5.39 Å². The summed E-state index contributed by atoms with van der Waals surface area (Å²) in [4.78, 5) is 22.4. The molecule has 1 aromatic carbocycles. The second-order valence-electron chi connectivity index (χ2n) is 4.88. The molecule has 0 saturated heterocycles. The maximum Gasteiger partial charge on any atom is 0.260 e. The van der Waals surface area contributed by atoms with Crippen LogP contribution >= 0.6 is 0 Å². The first kappa shape index (κ1) is 12.0. The van der Waals surface area contributed by atoms with Gasteiger partial charge in [0.2, 0.25) is 0 Å². The van der Waals surface area contributed by atoms with Crippen LogP contribution < -0.4 is 4.90 Å². The van der Waals surface area contributed by atoms with Gasteiger partial charge in [-0.1, -0.05) is 6.07 Å². The summed E-state index contributed by atoms with van der Waals surface area (Å²) in [6.45, 7) is 0.201. The van der Waals surface area contributed by atoms with Gasteiger partial charge in [0.15, 0.2) is 5.65 Å². The molecule has 0 spiro atoms. The minimum atomic E-state index is -0.359. The van der Waals surface area contributed by atoms with Crippen LogP contribution in [0.5, 0.6) is 0 Å². The molecule has 0 N–H and O–H groups in total. The van der Waals surface area contributed by atoms with Crippen LogP contribution in [-0.4, -0.2) is 15.9 Å². The van der Waals surface area contributed by atoms with Crippen LogP contribution in [0.15, 0.2) is 48.7 Å². The molecule has 3 heterocycles. The highest BCUT2D eigenvalue weighted by atomic mass is 19.1. The SMILES string of the molecule is O=C1c2cccc(F)c2CN1c1ccc2cccnc2n1. The number of nitrogens with zero attached hydrogens (tertiary/aromatic N) is 3. The Morgan fingerprint density at radius 1 is 1.10 bits per heavy atom. The third kappa shape index (κ3) is 1.78. The van der Waals surface area contributed by atoms with Crippen LogP contribution in [0, 0.1) is 5.82 Å². The van der Waals surface area contributed by atoms with Crippen molar-refractivity contribution in [3.05, 3.63) is 65.6 Å². The normalized spacial score (nSPS) is 13.8. The number of carbonyl (C=O) groups is 1. The zero-order valence-corrected chi connectivity index (χ0v) is 11.0. The molecular weight excluding hydrogens is 269 g/mol. The van der Waals surface area contributed by atoms with Crippen LogP contribution in [0.1, 0.15) is 15.9 Å². The fraction of sp³-hybridized carbons (Fsp3) is 0.0625. The van der Waals surface area contributed by atoms with E-state index in [1.54, 1.807) is 24.4 Å². The fourth-order valence-corrected chi connectivity index (χ4v) is 2.57. The van der Waals surface area contributed by atoms with Crippen LogP contribution in [-0.2, 0) is 6.54 Å². The maximum atomic E-state index is 13.8. The molecule has 0 aliphatic carbocycles. The number of carbonyl (C=O) groups excluding carboxylic acids is 1. The number of pyridine rings is 2. The van der Waals surface area contributed by atoms with Crippen molar-refractivity contribution >= 4 is 22.8 Å². The van der Waals surface area contributed by atoms with Gasteiger partial charge in [0.05, 0.1) is 6.54 Å². The standard InChI is InChI=1S/C16H10FN3O/c17-13-5-1-4-11-12(13)9-20(16(11)21)14-7-6-10-3-2-8-18-15(10)19-14/h1-8H,9H2. The molecular formula is C16H10FN3O. The number of anilines is 1. The fourth-order valence-electron chi connectivity index (χ4n) is 2.57. The van der Waals surface area contributed by atoms with Gasteiger partial charge < -0.3 is 0 Å². The van der Waals surface area contributed by atoms with Gasteiger partial charge in [0.25, 0.3) is 5.91 Å². The summed E-state index contributed by atoms with van der Waals surface area (Å²) in [6, 6.07) is 11.9. The third-order valence-electron chi connectivity index (χ3n) is 3.64. The minimum absolute atomic E-state index is 0.201. The van der Waals surface area contributed by atoms with Gasteiger partial charge in [-0.15, -0.1) is 0 Å². The molecule has 0 atom stereocenters. The Labute approximate surface area is 119 Å². The van der Waals surface area contributed by atoms with Crippen molar-refractivity contribution in [3.8, 4) is 0 Å². The Kier molecular flexibility index (Phi) is 2.47. The van der Waals surface area contributed by atoms with Crippen molar-refractivity contribution in [2.75, 3.05) is 4.90 Å². The molecule has 4 rings (SSSR count). The number of hydrogen-bond acceptors (Lipinski definition) is 3. The molecule has 0 bridgehead atoms. The van der Waals surface area contributed by atoms with Crippen LogP contribution in [0.2, 0.25) is 0 Å². The number of aromatic nitrogens is 2. The largest absolute Gasteiger partial charge is 0.288 e. The average Bonchev–Trinajstić information content (AvgIpc) is 2.86. The number of benzene rings is 1. The van der Waals surface area contributed by atoms with E-state index in [1.165, 1.54) is 11.0 Å². The lowest BCUT2D eigenvalue weighted by atomic mass is 10.1. The molecule has 1 aliphatic heterocycles. The first-order valence-corrected chi connectivity index (χ1v) is 6.55. The van der Waals surface area contributed by atoms with Crippen molar-refractivity contribution in [3.63, 3.8) is 0 Å². The van der Waals surface area contributed by atoms with Crippen molar-refractivity contribution in [2.45, 2.75) is 6.54 Å². The Morgan fingerprint density at radius 3 is 2.86 bits per heavy atom. The molecule has 102 valence electrons. The molecule has 1 aliphatic rings. The van der Waals surface area contributed by atoms with Gasteiger partial charge >= 0.3 is 0 Å². The second-order valence-corrected chi connectivity index (χ2v) is 4.88. The van der Waals surface area contributed by atoms with E-state index in [0.29, 0.717) is 22.6 Å². The highest BCUT2D eigenvalue weighted by molar-refractivity contribution is 6.09. The topological polar surface area (TPSA) is 46.1 Å². The van der Waals surface area contributed by atoms with E-state index in [2.05, 4.69) is 9.97 Å². The summed E-state index contributed by atoms with van der Waals surface area (Å²) in [5.41, 5.74) is 1.39. The summed E-state index contributed by atoms with van der Waals surface area (Å²) in [5, 5.41) is 0.900. The summed E-state index contributed by atoms with van der Waals surface area (Å²) in [7, 11) is 0. The van der Waals surface area contributed by atoms with E-state index in [9.17, 15) is 9.18 Å². The van der Waals surface area contributed by atoms with E-state index in [4.69, 9.17) is 0 Å². The lowest BCUT2D eigenvalue weighted by Gasteiger charge is -2.14. The summed E-state index contributed by atoms with van der Waals surface area (Å²) in [6.07, 6.45) is 1.65. The Bertz CT molecular complexity index is 878. The molecule has 3 aromatic rings. The van der Waals surface area contributed by atoms with E-state index in [1.807, 2.05) is 18.2 Å². The third-order valence-corrected chi connectivity index (χ3v) is 3.64. The van der Waals surface area contributed by atoms with E-state index >= 15 is 0 Å². The Morgan fingerprint density at radius 2 is 2.00 bits per heavy atom. The number of amides is 1. The second kappa shape index (κ2) is 4.34. The first-order valence-electron chi connectivity index (χ1n) is 6.55. The zero-order chi connectivity index (χ0) is 14.4. The van der Waals surface area contributed by atoms with Crippen molar-refractivity contribution in [1.29, 1.82) is 0 Å². The molecule has 0 unspecified atom stereocenters. The lowest BCUT2D eigenvalue weighted by Crippen LogP contribution is -2.24. The van der Waals surface area contributed by atoms with E-state index in [-0.39, 0.29) is 18.3 Å². The van der Waals surface area contributed by atoms with Gasteiger partial charge in [0.1, 0.15) is 11.6 Å². The van der Waals surface area contributed by atoms with Crippen LogP contribution in [0.4, 0.5) is 10.2 Å². The monoisotopic (exact) mass is 279 g/mol. The van der Waals surface area contributed by atoms with Gasteiger partial charge in [0, 0.05) is 22.7 Å². The summed E-state index contributed by atoms with van der Waals surface area (Å²) >= 11 is 0. The van der Waals surface area contributed by atoms with Gasteiger partial charge in [-0.3, -0.25) is 9.69 Å². The highest BCUT2D eigenvalue weighted by Gasteiger charge is 2.31. The van der Waals surface area contributed by atoms with Crippen LogP contribution in [0.25, 0.3) is 11.0 Å². The van der Waals surface area contributed by atoms with E-state index < -0.39 is 0 Å². The maximum absolute atomic E-state index is 13.8. The van der Waals surface area contributed by atoms with Crippen molar-refractivity contribution < 1.29 is 9.18 Å². The summed E-state index contributed by atoms with van der Waals surface area (Å²) in [5.74, 6) is -0.101. The number of fused-ring (bicyclic) bond motifs is 2. The quantitative estimate of drug-likeness (QED) is 0.688. The first-order chi connectivity index (χ1) is 10.2. The average molecular weight is 279 g/mol. The highest BCUT2D eigenvalue weighted by Crippen LogP contribution is 2.29. The molecule has 5 heteroatoms. The molecule has 1 amide bonds. The molecule has 0 fully saturated rings. The molecule has 21 heavy (non-hydrogen) atoms. The predicted molar refractivity (Wildman–Crippen MR) is 76.5 cm³/mol. The van der Waals surface area contributed by atoms with Gasteiger partial charge in [-0.25, -0.2) is 14.4 Å². The Hall–Kier alpha value is -2.82. The van der Waals surface area contributed by atoms with Gasteiger partial charge in [-0.05, 0) is 36.4 Å². The zero-order valence-electron chi connectivity index (χ0n) is 11.0. The number of hydrogen-bond donors (Lipinski definition) is 0. The lowest BCUT2D eigenvalue weighted by molar-refractivity contribution is 0.0996. The molecule has 0 saturated carbocycles. The molecule has 2 aromatic heterocycles. The number of rotatable bonds is 1. The van der Waals surface area contributed by atoms with Crippen molar-refractivity contribution in [1.82, 2.24) is 9.97 Å². The van der Waals surface area contributed by atoms with Crippen LogP contribution in [0.3, 0.4) is 0 Å². The van der Waals surface area contributed by atoms with Crippen molar-refractivity contribution in [2.24, 2.45) is 0 Å². The minimum Gasteiger partial charge on any atom is -0.288 e. The molecule has 4 nitrogen and oxygen atoms in total.